The van der Waals surface area contributed by atoms with Crippen LogP contribution < -0.4 is 14.2 Å². The number of thiazole rings is 1. The van der Waals surface area contributed by atoms with E-state index in [1.165, 1.54) is 18.4 Å². The fourth-order valence-electron chi connectivity index (χ4n) is 3.47. The number of phenolic OH excluding ortho intramolecular Hbond substituents is 1. The number of hydrogen-bond acceptors (Lipinski definition) is 7. The zero-order valence-electron chi connectivity index (χ0n) is 16.8. The number of methoxy groups -OCH3 is 3. The summed E-state index contributed by atoms with van der Waals surface area (Å²) in [6.07, 6.45) is 0. The summed E-state index contributed by atoms with van der Waals surface area (Å²) in [5.41, 5.74) is 3.56. The number of aliphatic hydroxyl groups is 1. The minimum absolute atomic E-state index is 0.0223. The Hall–Kier alpha value is -3.29. The quantitative estimate of drug-likeness (QED) is 0.461. The van der Waals surface area contributed by atoms with Gasteiger partial charge in [0.25, 0.3) is 0 Å². The molecule has 2 N–H and O–H groups in total. The molecule has 0 fully saturated rings. The van der Waals surface area contributed by atoms with Crippen LogP contribution in [0.4, 0.5) is 0 Å². The summed E-state index contributed by atoms with van der Waals surface area (Å²) >= 11 is 1.35. The number of hydrogen-bond donors (Lipinski definition) is 2. The molecule has 30 heavy (non-hydrogen) atoms. The van der Waals surface area contributed by atoms with Gasteiger partial charge in [-0.05, 0) is 35.4 Å². The van der Waals surface area contributed by atoms with Gasteiger partial charge in [-0.15, -0.1) is 11.3 Å². The first-order chi connectivity index (χ1) is 14.6. The lowest BCUT2D eigenvalue weighted by Gasteiger charge is -2.16. The molecule has 0 bridgehead atoms. The third kappa shape index (κ3) is 3.32. The minimum atomic E-state index is -0.188. The molecule has 0 saturated heterocycles. The summed E-state index contributed by atoms with van der Waals surface area (Å²) in [7, 11) is 4.73. The molecule has 0 aliphatic rings. The molecule has 7 heteroatoms. The molecule has 0 aliphatic carbocycles. The van der Waals surface area contributed by atoms with E-state index in [9.17, 15) is 10.2 Å². The van der Waals surface area contributed by atoms with Crippen LogP contribution in [-0.4, -0.2) is 36.5 Å². The second kappa shape index (κ2) is 8.22. The van der Waals surface area contributed by atoms with Crippen molar-refractivity contribution in [1.29, 1.82) is 0 Å². The Kier molecular flexibility index (Phi) is 5.48. The lowest BCUT2D eigenvalue weighted by molar-refractivity contribution is 0.281. The highest BCUT2D eigenvalue weighted by Crippen LogP contribution is 2.51. The van der Waals surface area contributed by atoms with Gasteiger partial charge < -0.3 is 24.4 Å². The Morgan fingerprint density at radius 1 is 0.800 bits per heavy atom. The number of aromatic nitrogens is 1. The molecule has 0 radical (unpaired) electrons. The maximum absolute atomic E-state index is 11.2. The molecule has 1 aromatic heterocycles. The zero-order valence-corrected chi connectivity index (χ0v) is 17.6. The van der Waals surface area contributed by atoms with E-state index in [1.54, 1.807) is 14.2 Å². The van der Waals surface area contributed by atoms with E-state index in [0.717, 1.165) is 27.3 Å². The van der Waals surface area contributed by atoms with E-state index in [-0.39, 0.29) is 12.4 Å². The van der Waals surface area contributed by atoms with Crippen molar-refractivity contribution in [3.63, 3.8) is 0 Å². The van der Waals surface area contributed by atoms with Gasteiger partial charge in [-0.3, -0.25) is 0 Å². The Morgan fingerprint density at radius 3 is 1.80 bits per heavy atom. The van der Waals surface area contributed by atoms with E-state index < -0.39 is 0 Å². The first-order valence-corrected chi connectivity index (χ1v) is 10.0. The molecule has 6 nitrogen and oxygen atoms in total. The van der Waals surface area contributed by atoms with Gasteiger partial charge in [-0.1, -0.05) is 24.3 Å². The number of phenols is 1. The molecule has 4 rings (SSSR count). The average Bonchev–Trinajstić information content (AvgIpc) is 3.22. The Bertz CT molecular complexity index is 1180. The smallest absolute Gasteiger partial charge is 0.171 e. The number of rotatable bonds is 6. The lowest BCUT2D eigenvalue weighted by atomic mass is 9.96. The molecular weight excluding hydrogens is 402 g/mol. The lowest BCUT2D eigenvalue weighted by Crippen LogP contribution is -1.94. The van der Waals surface area contributed by atoms with Gasteiger partial charge in [0.1, 0.15) is 16.5 Å². The van der Waals surface area contributed by atoms with Crippen molar-refractivity contribution in [3.8, 4) is 45.3 Å². The maximum Gasteiger partial charge on any atom is 0.171 e. The van der Waals surface area contributed by atoms with Crippen molar-refractivity contribution < 1.29 is 24.4 Å². The Labute approximate surface area is 177 Å². The van der Waals surface area contributed by atoms with Crippen molar-refractivity contribution in [2.75, 3.05) is 21.3 Å². The molecule has 0 saturated carbocycles. The first kappa shape index (κ1) is 20.0. The summed E-state index contributed by atoms with van der Waals surface area (Å²) in [5.74, 6) is 1.79. The van der Waals surface area contributed by atoms with E-state index >= 15 is 0 Å². The van der Waals surface area contributed by atoms with Gasteiger partial charge in [-0.25, -0.2) is 4.98 Å². The molecule has 0 spiro atoms. The highest BCUT2D eigenvalue weighted by Gasteiger charge is 2.25. The highest BCUT2D eigenvalue weighted by atomic mass is 32.1. The van der Waals surface area contributed by atoms with E-state index in [1.807, 2.05) is 48.5 Å². The fourth-order valence-corrected chi connectivity index (χ4v) is 4.47. The van der Waals surface area contributed by atoms with Crippen LogP contribution in [0.15, 0.2) is 48.5 Å². The van der Waals surface area contributed by atoms with Crippen LogP contribution in [0.5, 0.6) is 23.0 Å². The van der Waals surface area contributed by atoms with Gasteiger partial charge in [0.05, 0.1) is 43.7 Å². The van der Waals surface area contributed by atoms with Crippen LogP contribution in [-0.2, 0) is 6.61 Å². The monoisotopic (exact) mass is 423 g/mol. The van der Waals surface area contributed by atoms with Crippen LogP contribution >= 0.6 is 11.3 Å². The fraction of sp³-hybridized carbons (Fsp3) is 0.174. The van der Waals surface area contributed by atoms with Crippen molar-refractivity contribution in [1.82, 2.24) is 4.98 Å². The minimum Gasteiger partial charge on any atom is -0.504 e. The standard InChI is InChI=1S/C23H21NO5S/c1-27-15-8-4-13(5-9-15)18-20-23(30-17(12-25)24-20)19(21(26)22(18)29-3)14-6-10-16(28-2)11-7-14/h4-11,25-26H,12H2,1-3H3. The van der Waals surface area contributed by atoms with Crippen molar-refractivity contribution in [3.05, 3.63) is 53.5 Å². The summed E-state index contributed by atoms with van der Waals surface area (Å²) in [6.45, 7) is -0.188. The van der Waals surface area contributed by atoms with Gasteiger partial charge >= 0.3 is 0 Å². The first-order valence-electron chi connectivity index (χ1n) is 9.23. The predicted molar refractivity (Wildman–Crippen MR) is 118 cm³/mol. The summed E-state index contributed by atoms with van der Waals surface area (Å²) in [6, 6.07) is 14.9. The zero-order chi connectivity index (χ0) is 21.3. The molecule has 0 atom stereocenters. The normalized spacial score (nSPS) is 10.9. The van der Waals surface area contributed by atoms with Crippen molar-refractivity contribution in [2.24, 2.45) is 0 Å². The summed E-state index contributed by atoms with van der Waals surface area (Å²) in [5, 5.41) is 21.5. The maximum atomic E-state index is 11.2. The molecule has 0 amide bonds. The number of ether oxygens (including phenoxy) is 3. The summed E-state index contributed by atoms with van der Waals surface area (Å²) in [4.78, 5) is 4.64. The van der Waals surface area contributed by atoms with Crippen LogP contribution in [0.25, 0.3) is 32.5 Å². The topological polar surface area (TPSA) is 81.0 Å². The molecule has 154 valence electrons. The summed E-state index contributed by atoms with van der Waals surface area (Å²) < 4.78 is 16.9. The third-order valence-electron chi connectivity index (χ3n) is 4.91. The van der Waals surface area contributed by atoms with Crippen molar-refractivity contribution in [2.45, 2.75) is 6.61 Å². The SMILES string of the molecule is COc1ccc(-c2c(OC)c(O)c(-c3ccc(OC)cc3)c3sc(CO)nc23)cc1. The molecule has 3 aromatic carbocycles. The van der Waals surface area contributed by atoms with Crippen LogP contribution in [0.2, 0.25) is 0 Å². The molecule has 0 unspecified atom stereocenters. The number of benzene rings is 3. The second-order valence-corrected chi connectivity index (χ2v) is 7.62. The van der Waals surface area contributed by atoms with Crippen LogP contribution in [0.3, 0.4) is 0 Å². The molecule has 4 aromatic rings. The van der Waals surface area contributed by atoms with Gasteiger partial charge in [0.2, 0.25) is 0 Å². The predicted octanol–water partition coefficient (Wildman–Crippen LogP) is 4.85. The number of aliphatic hydroxyl groups excluding tert-OH is 1. The Morgan fingerprint density at radius 2 is 1.33 bits per heavy atom. The largest absolute Gasteiger partial charge is 0.504 e. The second-order valence-electron chi connectivity index (χ2n) is 6.53. The average molecular weight is 423 g/mol. The van der Waals surface area contributed by atoms with Gasteiger partial charge in [0, 0.05) is 5.56 Å². The number of nitrogens with zero attached hydrogens (tertiary/aromatic N) is 1. The molecule has 1 heterocycles. The number of fused-ring (bicyclic) bond motifs is 1. The van der Waals surface area contributed by atoms with E-state index in [2.05, 4.69) is 4.98 Å². The van der Waals surface area contributed by atoms with E-state index in [0.29, 0.717) is 27.4 Å². The van der Waals surface area contributed by atoms with Gasteiger partial charge in [-0.2, -0.15) is 0 Å². The highest BCUT2D eigenvalue weighted by molar-refractivity contribution is 7.19. The van der Waals surface area contributed by atoms with E-state index in [4.69, 9.17) is 14.2 Å². The van der Waals surface area contributed by atoms with Crippen molar-refractivity contribution >= 4 is 21.6 Å². The molecular formula is C23H21NO5S. The third-order valence-corrected chi connectivity index (χ3v) is 5.97. The Balaban J connectivity index is 2.04. The van der Waals surface area contributed by atoms with Crippen LogP contribution in [0.1, 0.15) is 5.01 Å². The molecule has 0 aliphatic heterocycles. The number of aromatic hydroxyl groups is 1. The van der Waals surface area contributed by atoms with Gasteiger partial charge in [0.15, 0.2) is 11.5 Å². The van der Waals surface area contributed by atoms with Crippen LogP contribution in [0, 0.1) is 0 Å².